The molecule has 138 valence electrons. The van der Waals surface area contributed by atoms with Gasteiger partial charge in [0.1, 0.15) is 5.69 Å². The number of rotatable bonds is 5. The maximum Gasteiger partial charge on any atom is 0.271 e. The van der Waals surface area contributed by atoms with E-state index in [1.807, 2.05) is 13.8 Å². The summed E-state index contributed by atoms with van der Waals surface area (Å²) in [6, 6.07) is 4.26. The van der Waals surface area contributed by atoms with Crippen molar-refractivity contribution in [1.82, 2.24) is 24.9 Å². The van der Waals surface area contributed by atoms with Gasteiger partial charge in [-0.1, -0.05) is 0 Å². The number of aryl methyl sites for hydroxylation is 2. The summed E-state index contributed by atoms with van der Waals surface area (Å²) in [6.07, 6.45) is 3.99. The zero-order valence-corrected chi connectivity index (χ0v) is 15.1. The molecule has 8 nitrogen and oxygen atoms in total. The van der Waals surface area contributed by atoms with E-state index in [1.54, 1.807) is 6.07 Å². The van der Waals surface area contributed by atoms with Crippen molar-refractivity contribution in [2.24, 2.45) is 0 Å². The van der Waals surface area contributed by atoms with Crippen LogP contribution in [0.2, 0.25) is 0 Å². The van der Waals surface area contributed by atoms with Gasteiger partial charge in [0.05, 0.1) is 18.3 Å². The molecule has 0 spiro atoms. The average Bonchev–Trinajstić information content (AvgIpc) is 2.62. The molecule has 1 aliphatic carbocycles. The summed E-state index contributed by atoms with van der Waals surface area (Å²) in [5.74, 6) is -0.384. The molecular weight excluding hydrogens is 334 g/mol. The Hall–Kier alpha value is -2.77. The van der Waals surface area contributed by atoms with Crippen LogP contribution in [-0.2, 0) is 19.4 Å². The van der Waals surface area contributed by atoms with Crippen molar-refractivity contribution >= 4 is 5.91 Å². The predicted octanol–water partition coefficient (Wildman–Crippen LogP) is 0.690. The lowest BCUT2D eigenvalue weighted by molar-refractivity contribution is 0.0944. The minimum Gasteiger partial charge on any atom is -0.349 e. The van der Waals surface area contributed by atoms with E-state index in [4.69, 9.17) is 0 Å². The maximum absolute atomic E-state index is 12.2. The van der Waals surface area contributed by atoms with Crippen LogP contribution in [0.3, 0.4) is 0 Å². The standard InChI is InChI=1S/C18H23N5O3/c1-12(2)23-16(24)8-7-15(21-23)18(26)19-9-10-22-17(25)11-13-5-3-4-6-14(13)20-22/h7-8,11-12H,3-6,9-10H2,1-2H3,(H,19,26). The van der Waals surface area contributed by atoms with Crippen LogP contribution in [0.25, 0.3) is 0 Å². The molecule has 0 saturated heterocycles. The Morgan fingerprint density at radius 1 is 1.15 bits per heavy atom. The molecule has 0 aromatic carbocycles. The van der Waals surface area contributed by atoms with Crippen LogP contribution in [0.5, 0.6) is 0 Å². The third kappa shape index (κ3) is 3.89. The van der Waals surface area contributed by atoms with Crippen LogP contribution in [0.1, 0.15) is 54.5 Å². The molecule has 0 atom stereocenters. The Balaban J connectivity index is 1.65. The first-order chi connectivity index (χ1) is 12.5. The van der Waals surface area contributed by atoms with Crippen LogP contribution in [-0.4, -0.2) is 32.0 Å². The van der Waals surface area contributed by atoms with Gasteiger partial charge in [-0.2, -0.15) is 10.2 Å². The Bertz CT molecular complexity index is 929. The Kier molecular flexibility index (Phi) is 5.29. The van der Waals surface area contributed by atoms with Crippen molar-refractivity contribution in [2.75, 3.05) is 6.54 Å². The molecule has 8 heteroatoms. The summed E-state index contributed by atoms with van der Waals surface area (Å²) >= 11 is 0. The van der Waals surface area contributed by atoms with Crippen LogP contribution in [0.4, 0.5) is 0 Å². The number of hydrogen-bond acceptors (Lipinski definition) is 5. The minimum absolute atomic E-state index is 0.131. The lowest BCUT2D eigenvalue weighted by Crippen LogP contribution is -2.34. The third-order valence-electron chi connectivity index (χ3n) is 4.43. The predicted molar refractivity (Wildman–Crippen MR) is 96.4 cm³/mol. The number of aromatic nitrogens is 4. The van der Waals surface area contributed by atoms with Crippen LogP contribution in [0.15, 0.2) is 27.8 Å². The highest BCUT2D eigenvalue weighted by Crippen LogP contribution is 2.16. The normalized spacial score (nSPS) is 13.5. The van der Waals surface area contributed by atoms with E-state index in [2.05, 4.69) is 15.5 Å². The van der Waals surface area contributed by atoms with Crippen molar-refractivity contribution in [3.8, 4) is 0 Å². The van der Waals surface area contributed by atoms with E-state index in [9.17, 15) is 14.4 Å². The highest BCUT2D eigenvalue weighted by Gasteiger charge is 2.14. The van der Waals surface area contributed by atoms with Gasteiger partial charge in [-0.25, -0.2) is 9.36 Å². The fraction of sp³-hybridized carbons (Fsp3) is 0.500. The molecule has 3 rings (SSSR count). The topological polar surface area (TPSA) is 98.9 Å². The average molecular weight is 357 g/mol. The van der Waals surface area contributed by atoms with Crippen LogP contribution < -0.4 is 16.4 Å². The van der Waals surface area contributed by atoms with Gasteiger partial charge in [0.2, 0.25) is 0 Å². The maximum atomic E-state index is 12.2. The smallest absolute Gasteiger partial charge is 0.271 e. The summed E-state index contributed by atoms with van der Waals surface area (Å²) in [5.41, 5.74) is 1.80. The number of fused-ring (bicyclic) bond motifs is 1. The summed E-state index contributed by atoms with van der Waals surface area (Å²) in [6.45, 7) is 4.20. The molecule has 1 N–H and O–H groups in total. The van der Waals surface area contributed by atoms with Gasteiger partial charge >= 0.3 is 0 Å². The fourth-order valence-corrected chi connectivity index (χ4v) is 3.04. The van der Waals surface area contributed by atoms with E-state index < -0.39 is 0 Å². The van der Waals surface area contributed by atoms with Crippen molar-refractivity contribution in [3.05, 3.63) is 55.9 Å². The van der Waals surface area contributed by atoms with Crippen molar-refractivity contribution in [2.45, 2.75) is 52.1 Å². The quantitative estimate of drug-likeness (QED) is 0.849. The summed E-state index contributed by atoms with van der Waals surface area (Å²) < 4.78 is 2.66. The lowest BCUT2D eigenvalue weighted by atomic mass is 9.97. The molecular formula is C18H23N5O3. The minimum atomic E-state index is -0.384. The second kappa shape index (κ2) is 7.63. The Labute approximate surface area is 150 Å². The van der Waals surface area contributed by atoms with E-state index in [-0.39, 0.29) is 35.3 Å². The molecule has 2 heterocycles. The van der Waals surface area contributed by atoms with Gasteiger partial charge in [-0.3, -0.25) is 14.4 Å². The second-order valence-electron chi connectivity index (χ2n) is 6.74. The number of nitrogens with one attached hydrogen (secondary N) is 1. The van der Waals surface area contributed by atoms with Crippen LogP contribution >= 0.6 is 0 Å². The molecule has 2 aromatic heterocycles. The lowest BCUT2D eigenvalue weighted by Gasteiger charge is -2.16. The van der Waals surface area contributed by atoms with Crippen LogP contribution in [0, 0.1) is 0 Å². The first-order valence-electron chi connectivity index (χ1n) is 8.93. The zero-order valence-electron chi connectivity index (χ0n) is 15.1. The molecule has 0 fully saturated rings. The molecule has 0 unspecified atom stereocenters. The number of amides is 1. The van der Waals surface area contributed by atoms with E-state index in [1.165, 1.54) is 21.5 Å². The second-order valence-corrected chi connectivity index (χ2v) is 6.74. The van der Waals surface area contributed by atoms with Gasteiger partial charge in [0.15, 0.2) is 0 Å². The van der Waals surface area contributed by atoms with E-state index in [0.717, 1.165) is 36.9 Å². The number of hydrogen-bond donors (Lipinski definition) is 1. The summed E-state index contributed by atoms with van der Waals surface area (Å²) in [4.78, 5) is 36.1. The van der Waals surface area contributed by atoms with Crippen molar-refractivity contribution < 1.29 is 4.79 Å². The fourth-order valence-electron chi connectivity index (χ4n) is 3.04. The van der Waals surface area contributed by atoms with Crippen molar-refractivity contribution in [3.63, 3.8) is 0 Å². The summed E-state index contributed by atoms with van der Waals surface area (Å²) in [7, 11) is 0. The summed E-state index contributed by atoms with van der Waals surface area (Å²) in [5, 5.41) is 11.2. The van der Waals surface area contributed by atoms with Gasteiger partial charge in [-0.05, 0) is 51.2 Å². The largest absolute Gasteiger partial charge is 0.349 e. The highest BCUT2D eigenvalue weighted by atomic mass is 16.2. The molecule has 1 aliphatic rings. The Morgan fingerprint density at radius 2 is 1.92 bits per heavy atom. The van der Waals surface area contributed by atoms with Gasteiger partial charge in [-0.15, -0.1) is 0 Å². The molecule has 0 aliphatic heterocycles. The zero-order chi connectivity index (χ0) is 18.7. The number of carbonyl (C=O) groups is 1. The molecule has 0 saturated carbocycles. The number of carbonyl (C=O) groups excluding carboxylic acids is 1. The van der Waals surface area contributed by atoms with Gasteiger partial charge in [0.25, 0.3) is 17.0 Å². The molecule has 0 radical (unpaired) electrons. The SMILES string of the molecule is CC(C)n1nc(C(=O)NCCn2nc3c(cc2=O)CCCC3)ccc1=O. The van der Waals surface area contributed by atoms with E-state index in [0.29, 0.717) is 6.54 Å². The third-order valence-corrected chi connectivity index (χ3v) is 4.43. The highest BCUT2D eigenvalue weighted by molar-refractivity contribution is 5.91. The van der Waals surface area contributed by atoms with E-state index >= 15 is 0 Å². The molecule has 1 amide bonds. The monoisotopic (exact) mass is 357 g/mol. The van der Waals surface area contributed by atoms with Gasteiger partial charge < -0.3 is 5.32 Å². The van der Waals surface area contributed by atoms with Crippen molar-refractivity contribution in [1.29, 1.82) is 0 Å². The molecule has 26 heavy (non-hydrogen) atoms. The van der Waals surface area contributed by atoms with Gasteiger partial charge in [0, 0.05) is 18.7 Å². The Morgan fingerprint density at radius 3 is 2.69 bits per heavy atom. The first kappa shape index (κ1) is 18.0. The first-order valence-corrected chi connectivity index (χ1v) is 8.93. The molecule has 0 bridgehead atoms. The molecule has 2 aromatic rings. The number of nitrogens with zero attached hydrogens (tertiary/aromatic N) is 4.